The molecule has 0 aliphatic heterocycles. The standard InChI is InChI=1S/C14H9F4N3O2S/c1-20-8-3-6(7(15)4-10(8)24-13(20)23)12-9(22)5-11(14(16,17)18)21(2)19-12/h3-5H,1-2H3. The van der Waals surface area contributed by atoms with Gasteiger partial charge >= 0.3 is 11.0 Å². The Balaban J connectivity index is 2.30. The fourth-order valence-electron chi connectivity index (χ4n) is 2.32. The number of aryl methyl sites for hydroxylation is 2. The van der Waals surface area contributed by atoms with Gasteiger partial charge in [0.05, 0.1) is 10.2 Å². The Kier molecular flexibility index (Phi) is 3.59. The topological polar surface area (TPSA) is 56.9 Å². The molecular weight excluding hydrogens is 350 g/mol. The molecule has 0 aliphatic rings. The number of thiazole rings is 1. The monoisotopic (exact) mass is 359 g/mol. The highest BCUT2D eigenvalue weighted by Gasteiger charge is 2.34. The lowest BCUT2D eigenvalue weighted by Crippen LogP contribution is -2.22. The molecule has 0 radical (unpaired) electrons. The zero-order valence-corrected chi connectivity index (χ0v) is 13.1. The average Bonchev–Trinajstić information content (AvgIpc) is 2.74. The summed E-state index contributed by atoms with van der Waals surface area (Å²) in [5.74, 6) is -0.839. The van der Waals surface area contributed by atoms with Gasteiger partial charge in [-0.1, -0.05) is 11.3 Å². The molecule has 24 heavy (non-hydrogen) atoms. The van der Waals surface area contributed by atoms with Gasteiger partial charge in [0.15, 0.2) is 0 Å². The summed E-state index contributed by atoms with van der Waals surface area (Å²) >= 11 is 0.825. The number of nitrogens with zero attached hydrogens (tertiary/aromatic N) is 3. The minimum absolute atomic E-state index is 0.259. The molecule has 2 aromatic heterocycles. The maximum Gasteiger partial charge on any atom is 0.433 e. The Bertz CT molecular complexity index is 1080. The van der Waals surface area contributed by atoms with Crippen molar-refractivity contribution in [2.45, 2.75) is 6.18 Å². The summed E-state index contributed by atoms with van der Waals surface area (Å²) in [7, 11) is 2.49. The fraction of sp³-hybridized carbons (Fsp3) is 0.214. The molecule has 0 bridgehead atoms. The normalized spacial score (nSPS) is 12.1. The predicted octanol–water partition coefficient (Wildman–Crippen LogP) is 2.52. The van der Waals surface area contributed by atoms with Gasteiger partial charge in [-0.05, 0) is 12.1 Å². The van der Waals surface area contributed by atoms with Crippen molar-refractivity contribution in [2.24, 2.45) is 14.1 Å². The predicted molar refractivity (Wildman–Crippen MR) is 80.5 cm³/mol. The number of hydrogen-bond acceptors (Lipinski definition) is 4. The highest BCUT2D eigenvalue weighted by atomic mass is 32.1. The summed E-state index contributed by atoms with van der Waals surface area (Å²) in [6.45, 7) is 0. The summed E-state index contributed by atoms with van der Waals surface area (Å²) < 4.78 is 54.8. The first-order chi connectivity index (χ1) is 11.1. The number of halogens is 4. The molecule has 0 unspecified atom stereocenters. The third kappa shape index (κ3) is 2.52. The van der Waals surface area contributed by atoms with E-state index in [2.05, 4.69) is 5.10 Å². The maximum absolute atomic E-state index is 14.3. The first-order valence-electron chi connectivity index (χ1n) is 6.54. The number of benzene rings is 1. The van der Waals surface area contributed by atoms with Gasteiger partial charge in [0, 0.05) is 25.7 Å². The lowest BCUT2D eigenvalue weighted by molar-refractivity contribution is -0.144. The van der Waals surface area contributed by atoms with Crippen LogP contribution in [0, 0.1) is 5.82 Å². The smallest absolute Gasteiger partial charge is 0.302 e. The summed E-state index contributed by atoms with van der Waals surface area (Å²) in [4.78, 5) is 23.3. The Morgan fingerprint density at radius 2 is 1.79 bits per heavy atom. The molecule has 126 valence electrons. The fourth-order valence-corrected chi connectivity index (χ4v) is 3.21. The van der Waals surface area contributed by atoms with Crippen molar-refractivity contribution >= 4 is 21.6 Å². The van der Waals surface area contributed by atoms with Crippen LogP contribution in [0.4, 0.5) is 17.6 Å². The lowest BCUT2D eigenvalue weighted by atomic mass is 10.1. The molecule has 0 fully saturated rings. The van der Waals surface area contributed by atoms with E-state index in [1.165, 1.54) is 17.7 Å². The third-order valence-electron chi connectivity index (χ3n) is 3.53. The summed E-state index contributed by atoms with van der Waals surface area (Å²) in [5.41, 5.74) is -2.64. The maximum atomic E-state index is 14.3. The molecule has 0 atom stereocenters. The van der Waals surface area contributed by atoms with Gasteiger partial charge in [0.1, 0.15) is 17.2 Å². The summed E-state index contributed by atoms with van der Waals surface area (Å²) in [6, 6.07) is 2.67. The van der Waals surface area contributed by atoms with E-state index in [1.807, 2.05) is 0 Å². The van der Waals surface area contributed by atoms with Gasteiger partial charge in [-0.3, -0.25) is 14.3 Å². The van der Waals surface area contributed by atoms with Gasteiger partial charge in [-0.25, -0.2) is 4.39 Å². The zero-order chi connectivity index (χ0) is 17.8. The van der Waals surface area contributed by atoms with Crippen molar-refractivity contribution in [3.63, 3.8) is 0 Å². The largest absolute Gasteiger partial charge is 0.433 e. The van der Waals surface area contributed by atoms with E-state index in [1.54, 1.807) is 0 Å². The number of alkyl halides is 3. The summed E-state index contributed by atoms with van der Waals surface area (Å²) in [5, 5.41) is 3.57. The van der Waals surface area contributed by atoms with Crippen LogP contribution in [0.1, 0.15) is 5.69 Å². The first-order valence-corrected chi connectivity index (χ1v) is 7.36. The number of aromatic nitrogens is 3. The molecule has 3 rings (SSSR count). The second kappa shape index (κ2) is 5.26. The highest BCUT2D eigenvalue weighted by molar-refractivity contribution is 7.16. The minimum atomic E-state index is -4.75. The van der Waals surface area contributed by atoms with Gasteiger partial charge in [-0.15, -0.1) is 0 Å². The van der Waals surface area contributed by atoms with Crippen molar-refractivity contribution in [1.29, 1.82) is 0 Å². The molecule has 0 amide bonds. The lowest BCUT2D eigenvalue weighted by Gasteiger charge is -2.12. The molecule has 10 heteroatoms. The van der Waals surface area contributed by atoms with Crippen molar-refractivity contribution in [3.8, 4) is 11.3 Å². The van der Waals surface area contributed by atoms with Gasteiger partial charge in [0.25, 0.3) is 0 Å². The zero-order valence-electron chi connectivity index (χ0n) is 12.3. The highest BCUT2D eigenvalue weighted by Crippen LogP contribution is 2.29. The van der Waals surface area contributed by atoms with E-state index in [0.29, 0.717) is 21.0 Å². The van der Waals surface area contributed by atoms with E-state index in [9.17, 15) is 27.2 Å². The molecule has 2 heterocycles. The number of rotatable bonds is 1. The first kappa shape index (κ1) is 16.4. The van der Waals surface area contributed by atoms with Crippen molar-refractivity contribution < 1.29 is 17.6 Å². The Labute approximate surface area is 135 Å². The van der Waals surface area contributed by atoms with Crippen LogP contribution >= 0.6 is 11.3 Å². The van der Waals surface area contributed by atoms with Crippen LogP contribution < -0.4 is 10.3 Å². The molecule has 0 aliphatic carbocycles. The van der Waals surface area contributed by atoms with Gasteiger partial charge in [-0.2, -0.15) is 18.3 Å². The average molecular weight is 359 g/mol. The van der Waals surface area contributed by atoms with Gasteiger partial charge < -0.3 is 4.57 Å². The van der Waals surface area contributed by atoms with E-state index in [0.717, 1.165) is 24.5 Å². The van der Waals surface area contributed by atoms with Crippen molar-refractivity contribution in [3.05, 3.63) is 49.6 Å². The third-order valence-corrected chi connectivity index (χ3v) is 4.52. The van der Waals surface area contributed by atoms with E-state index in [-0.39, 0.29) is 10.4 Å². The number of fused-ring (bicyclic) bond motifs is 1. The molecule has 0 N–H and O–H groups in total. The second-order valence-electron chi connectivity index (χ2n) is 5.09. The molecule has 0 saturated heterocycles. The molecule has 0 spiro atoms. The van der Waals surface area contributed by atoms with Crippen LogP contribution in [0.15, 0.2) is 27.8 Å². The Morgan fingerprint density at radius 3 is 2.42 bits per heavy atom. The molecule has 5 nitrogen and oxygen atoms in total. The SMILES string of the molecule is Cn1nc(-c2cc3c(cc2F)sc(=O)n3C)c(=O)cc1C(F)(F)F. The van der Waals surface area contributed by atoms with E-state index < -0.39 is 28.8 Å². The van der Waals surface area contributed by atoms with Crippen LogP contribution in [0.2, 0.25) is 0 Å². The van der Waals surface area contributed by atoms with Crippen LogP contribution in [-0.2, 0) is 20.3 Å². The van der Waals surface area contributed by atoms with E-state index in [4.69, 9.17) is 0 Å². The molecular formula is C14H9F4N3O2S. The molecule has 0 saturated carbocycles. The van der Waals surface area contributed by atoms with Crippen LogP contribution in [0.5, 0.6) is 0 Å². The quantitative estimate of drug-likeness (QED) is 0.628. The van der Waals surface area contributed by atoms with E-state index >= 15 is 0 Å². The number of hydrogen-bond donors (Lipinski definition) is 0. The van der Waals surface area contributed by atoms with Crippen molar-refractivity contribution in [2.75, 3.05) is 0 Å². The summed E-state index contributed by atoms with van der Waals surface area (Å²) in [6.07, 6.45) is -4.75. The molecule has 1 aromatic carbocycles. The Morgan fingerprint density at radius 1 is 1.12 bits per heavy atom. The van der Waals surface area contributed by atoms with Crippen LogP contribution in [0.25, 0.3) is 21.5 Å². The van der Waals surface area contributed by atoms with Crippen LogP contribution in [-0.4, -0.2) is 14.3 Å². The van der Waals surface area contributed by atoms with Gasteiger partial charge in [0.2, 0.25) is 5.43 Å². The van der Waals surface area contributed by atoms with Crippen LogP contribution in [0.3, 0.4) is 0 Å². The Hall–Kier alpha value is -2.49. The minimum Gasteiger partial charge on any atom is -0.302 e. The van der Waals surface area contributed by atoms with Crippen molar-refractivity contribution in [1.82, 2.24) is 14.3 Å². The molecule has 3 aromatic rings. The second-order valence-corrected chi connectivity index (χ2v) is 6.08.